The van der Waals surface area contributed by atoms with E-state index in [1.807, 2.05) is 30.3 Å². The lowest BCUT2D eigenvalue weighted by molar-refractivity contribution is -0.385. The van der Waals surface area contributed by atoms with E-state index in [2.05, 4.69) is 10.3 Å². The van der Waals surface area contributed by atoms with E-state index in [1.54, 1.807) is 31.3 Å². The molecule has 0 spiro atoms. The lowest BCUT2D eigenvalue weighted by atomic mass is 10.1. The van der Waals surface area contributed by atoms with Crippen molar-refractivity contribution in [2.75, 3.05) is 13.2 Å². The molecule has 0 saturated heterocycles. The number of hydrogen-bond donors (Lipinski definition) is 1. The molecule has 1 amide bonds. The average molecular weight is 407 g/mol. The molecule has 0 fully saturated rings. The highest BCUT2D eigenvalue weighted by atomic mass is 16.6. The van der Waals surface area contributed by atoms with E-state index in [-0.39, 0.29) is 23.7 Å². The Morgan fingerprint density at radius 3 is 2.50 bits per heavy atom. The average Bonchev–Trinajstić information content (AvgIpc) is 2.76. The van der Waals surface area contributed by atoms with E-state index in [1.165, 1.54) is 12.1 Å². The summed E-state index contributed by atoms with van der Waals surface area (Å²) in [7, 11) is 0. The van der Waals surface area contributed by atoms with Gasteiger partial charge in [0.1, 0.15) is 19.0 Å². The molecule has 30 heavy (non-hydrogen) atoms. The molecule has 0 atom stereocenters. The Balaban J connectivity index is 1.47. The highest BCUT2D eigenvalue weighted by molar-refractivity contribution is 5.96. The molecule has 8 heteroatoms. The molecule has 3 aromatic rings. The van der Waals surface area contributed by atoms with Crippen LogP contribution in [-0.4, -0.2) is 29.0 Å². The van der Waals surface area contributed by atoms with Crippen molar-refractivity contribution in [2.24, 2.45) is 0 Å². The predicted octanol–water partition coefficient (Wildman–Crippen LogP) is 3.69. The number of nitro groups is 1. The summed E-state index contributed by atoms with van der Waals surface area (Å²) < 4.78 is 11.1. The number of nitrogens with one attached hydrogen (secondary N) is 1. The van der Waals surface area contributed by atoms with E-state index in [0.717, 1.165) is 11.3 Å². The van der Waals surface area contributed by atoms with Crippen LogP contribution in [0.3, 0.4) is 0 Å². The van der Waals surface area contributed by atoms with E-state index >= 15 is 0 Å². The zero-order valence-electron chi connectivity index (χ0n) is 16.4. The smallest absolute Gasteiger partial charge is 0.273 e. The molecule has 0 saturated carbocycles. The first-order valence-electron chi connectivity index (χ1n) is 9.32. The second-order valence-corrected chi connectivity index (χ2v) is 6.40. The zero-order valence-corrected chi connectivity index (χ0v) is 16.4. The van der Waals surface area contributed by atoms with Crippen LogP contribution in [0.4, 0.5) is 5.69 Å². The van der Waals surface area contributed by atoms with Gasteiger partial charge >= 0.3 is 0 Å². The largest absolute Gasteiger partial charge is 0.490 e. The van der Waals surface area contributed by atoms with Crippen molar-refractivity contribution in [1.82, 2.24) is 10.3 Å². The van der Waals surface area contributed by atoms with Crippen LogP contribution in [0.25, 0.3) is 0 Å². The predicted molar refractivity (Wildman–Crippen MR) is 111 cm³/mol. The molecular formula is C22H21N3O5. The first-order chi connectivity index (χ1) is 14.5. The molecule has 3 rings (SSSR count). The van der Waals surface area contributed by atoms with Gasteiger partial charge in [0.15, 0.2) is 0 Å². The van der Waals surface area contributed by atoms with E-state index in [9.17, 15) is 14.9 Å². The number of nitro benzene ring substituents is 1. The molecule has 1 N–H and O–H groups in total. The third-order valence-electron chi connectivity index (χ3n) is 4.34. The Morgan fingerprint density at radius 1 is 1.03 bits per heavy atom. The van der Waals surface area contributed by atoms with Gasteiger partial charge in [-0.15, -0.1) is 0 Å². The maximum Gasteiger partial charge on any atom is 0.273 e. The first kappa shape index (κ1) is 20.8. The van der Waals surface area contributed by atoms with Crippen molar-refractivity contribution in [3.8, 4) is 11.6 Å². The Morgan fingerprint density at radius 2 is 1.80 bits per heavy atom. The molecule has 2 aromatic carbocycles. The van der Waals surface area contributed by atoms with Crippen molar-refractivity contribution in [1.29, 1.82) is 0 Å². The molecule has 0 aliphatic heterocycles. The third kappa shape index (κ3) is 5.54. The third-order valence-corrected chi connectivity index (χ3v) is 4.34. The van der Waals surface area contributed by atoms with Crippen LogP contribution >= 0.6 is 0 Å². The Labute approximate surface area is 173 Å². The van der Waals surface area contributed by atoms with Crippen LogP contribution in [0.2, 0.25) is 0 Å². The quantitative estimate of drug-likeness (QED) is 0.330. The van der Waals surface area contributed by atoms with Gasteiger partial charge in [-0.3, -0.25) is 14.9 Å². The van der Waals surface area contributed by atoms with Crippen LogP contribution in [0.5, 0.6) is 11.6 Å². The van der Waals surface area contributed by atoms with Gasteiger partial charge in [0.25, 0.3) is 11.6 Å². The number of pyridine rings is 1. The minimum atomic E-state index is -0.500. The van der Waals surface area contributed by atoms with Gasteiger partial charge in [-0.2, -0.15) is 0 Å². The van der Waals surface area contributed by atoms with Crippen LogP contribution in [-0.2, 0) is 6.54 Å². The monoisotopic (exact) mass is 407 g/mol. The number of rotatable bonds is 9. The van der Waals surface area contributed by atoms with Crippen LogP contribution in [0.15, 0.2) is 66.9 Å². The minimum Gasteiger partial charge on any atom is -0.490 e. The summed E-state index contributed by atoms with van der Waals surface area (Å²) in [4.78, 5) is 27.1. The number of hydrogen-bond acceptors (Lipinski definition) is 6. The highest BCUT2D eigenvalue weighted by Crippen LogP contribution is 2.21. The van der Waals surface area contributed by atoms with Crippen molar-refractivity contribution in [2.45, 2.75) is 13.5 Å². The van der Waals surface area contributed by atoms with Crippen molar-refractivity contribution < 1.29 is 19.2 Å². The fraction of sp³-hybridized carbons (Fsp3) is 0.182. The maximum atomic E-state index is 12.4. The normalized spacial score (nSPS) is 10.3. The Hall–Kier alpha value is -3.94. The summed E-state index contributed by atoms with van der Waals surface area (Å²) in [6.45, 7) is 2.55. The van der Waals surface area contributed by atoms with Crippen molar-refractivity contribution in [3.05, 3.63) is 93.7 Å². The molecular weight excluding hydrogens is 386 g/mol. The summed E-state index contributed by atoms with van der Waals surface area (Å²) in [6, 6.07) is 17.4. The van der Waals surface area contributed by atoms with E-state index < -0.39 is 4.92 Å². The number of benzene rings is 2. The molecule has 0 bridgehead atoms. The first-order valence-corrected chi connectivity index (χ1v) is 9.32. The van der Waals surface area contributed by atoms with Crippen molar-refractivity contribution >= 4 is 11.6 Å². The van der Waals surface area contributed by atoms with Gasteiger partial charge < -0.3 is 14.8 Å². The molecule has 1 heterocycles. The van der Waals surface area contributed by atoms with E-state index in [4.69, 9.17) is 9.47 Å². The molecule has 154 valence electrons. The summed E-state index contributed by atoms with van der Waals surface area (Å²) >= 11 is 0. The summed E-state index contributed by atoms with van der Waals surface area (Å²) in [5.74, 6) is 0.852. The van der Waals surface area contributed by atoms with Crippen molar-refractivity contribution in [3.63, 3.8) is 0 Å². The number of carbonyl (C=O) groups is 1. The number of amides is 1. The molecule has 0 aliphatic carbocycles. The second kappa shape index (κ2) is 10.0. The molecule has 8 nitrogen and oxygen atoms in total. The topological polar surface area (TPSA) is 104 Å². The second-order valence-electron chi connectivity index (χ2n) is 6.40. The zero-order chi connectivity index (χ0) is 21.3. The van der Waals surface area contributed by atoms with Crippen LogP contribution < -0.4 is 14.8 Å². The Kier molecular flexibility index (Phi) is 6.94. The number of para-hydroxylation sites is 1. The van der Waals surface area contributed by atoms with E-state index in [0.29, 0.717) is 24.7 Å². The van der Waals surface area contributed by atoms with Crippen LogP contribution in [0.1, 0.15) is 21.5 Å². The van der Waals surface area contributed by atoms with Gasteiger partial charge in [-0.05, 0) is 30.7 Å². The van der Waals surface area contributed by atoms with Gasteiger partial charge in [0.2, 0.25) is 5.88 Å². The summed E-state index contributed by atoms with van der Waals surface area (Å²) in [6.07, 6.45) is 1.61. The number of ether oxygens (including phenoxy) is 2. The van der Waals surface area contributed by atoms with Crippen LogP contribution in [0, 0.1) is 17.0 Å². The molecule has 0 unspecified atom stereocenters. The number of nitrogens with zero attached hydrogens (tertiary/aromatic N) is 2. The minimum absolute atomic E-state index is 0.0814. The summed E-state index contributed by atoms with van der Waals surface area (Å²) in [5.41, 5.74) is 1.30. The SMILES string of the molecule is Cc1c(C(=O)NCc2ccc(OCCOc3ccccc3)nc2)cccc1[N+](=O)[O-]. The fourth-order valence-electron chi connectivity index (χ4n) is 2.77. The Bertz CT molecular complexity index is 1010. The lowest BCUT2D eigenvalue weighted by Gasteiger charge is -2.09. The van der Waals surface area contributed by atoms with Gasteiger partial charge in [-0.1, -0.05) is 30.3 Å². The summed E-state index contributed by atoms with van der Waals surface area (Å²) in [5, 5.41) is 13.8. The standard InChI is InChI=1S/C22H21N3O5/c1-16-19(8-5-9-20(16)25(27)28)22(26)24-15-17-10-11-21(23-14-17)30-13-12-29-18-6-3-2-4-7-18/h2-11,14H,12-13,15H2,1H3,(H,24,26). The maximum absolute atomic E-state index is 12.4. The lowest BCUT2D eigenvalue weighted by Crippen LogP contribution is -2.24. The highest BCUT2D eigenvalue weighted by Gasteiger charge is 2.17. The number of carbonyl (C=O) groups excluding carboxylic acids is 1. The van der Waals surface area contributed by atoms with Gasteiger partial charge in [0.05, 0.1) is 4.92 Å². The van der Waals surface area contributed by atoms with Gasteiger partial charge in [-0.25, -0.2) is 4.98 Å². The number of aromatic nitrogens is 1. The fourth-order valence-corrected chi connectivity index (χ4v) is 2.77. The molecule has 1 aromatic heterocycles. The van der Waals surface area contributed by atoms with Gasteiger partial charge in [0, 0.05) is 36.0 Å². The molecule has 0 aliphatic rings. The molecule has 0 radical (unpaired) electrons.